The predicted molar refractivity (Wildman–Crippen MR) is 102 cm³/mol. The van der Waals surface area contributed by atoms with Crippen LogP contribution in [-0.2, 0) is 5.75 Å². The Bertz CT molecular complexity index is 1020. The predicted octanol–water partition coefficient (Wildman–Crippen LogP) is 4.70. The van der Waals surface area contributed by atoms with E-state index in [9.17, 15) is 0 Å². The Labute approximate surface area is 150 Å². The van der Waals surface area contributed by atoms with Crippen LogP contribution in [0.1, 0.15) is 16.7 Å². The van der Waals surface area contributed by atoms with Crippen molar-refractivity contribution < 1.29 is 0 Å². The topological polar surface area (TPSA) is 43.1 Å². The molecule has 0 aliphatic carbocycles. The Morgan fingerprint density at radius 1 is 0.880 bits per heavy atom. The lowest BCUT2D eigenvalue weighted by Gasteiger charge is -2.04. The zero-order chi connectivity index (χ0) is 17.2. The number of thioether (sulfide) groups is 1. The number of hydrogen-bond donors (Lipinski definition) is 0. The average molecular weight is 346 g/mol. The lowest BCUT2D eigenvalue weighted by Crippen LogP contribution is -1.96. The second kappa shape index (κ2) is 6.69. The second-order valence-corrected chi connectivity index (χ2v) is 7.10. The van der Waals surface area contributed by atoms with Crippen LogP contribution in [0.15, 0.2) is 65.7 Å². The number of nitrogens with zero attached hydrogens (tertiary/aromatic N) is 4. The van der Waals surface area contributed by atoms with E-state index in [0.29, 0.717) is 0 Å². The molecular formula is C20H18N4S. The summed E-state index contributed by atoms with van der Waals surface area (Å²) in [6, 6.07) is 20.8. The van der Waals surface area contributed by atoms with Crippen molar-refractivity contribution in [2.75, 3.05) is 0 Å². The van der Waals surface area contributed by atoms with Crippen LogP contribution in [0.5, 0.6) is 0 Å². The third-order valence-electron chi connectivity index (χ3n) is 4.02. The number of aromatic nitrogens is 4. The van der Waals surface area contributed by atoms with Gasteiger partial charge in [-0.25, -0.2) is 0 Å². The zero-order valence-electron chi connectivity index (χ0n) is 14.2. The minimum absolute atomic E-state index is 0.760. The van der Waals surface area contributed by atoms with Crippen molar-refractivity contribution in [2.24, 2.45) is 0 Å². The molecule has 0 saturated carbocycles. The van der Waals surface area contributed by atoms with Crippen LogP contribution in [0.25, 0.3) is 17.0 Å². The van der Waals surface area contributed by atoms with Gasteiger partial charge in [0.25, 0.3) is 0 Å². The molecule has 0 bridgehead atoms. The molecule has 0 aliphatic rings. The van der Waals surface area contributed by atoms with E-state index in [0.717, 1.165) is 27.8 Å². The fourth-order valence-electron chi connectivity index (χ4n) is 2.69. The highest BCUT2D eigenvalue weighted by Gasteiger charge is 2.10. The van der Waals surface area contributed by atoms with Gasteiger partial charge in [0.05, 0.1) is 0 Å². The molecule has 0 fully saturated rings. The van der Waals surface area contributed by atoms with E-state index >= 15 is 0 Å². The van der Waals surface area contributed by atoms with E-state index in [-0.39, 0.29) is 0 Å². The van der Waals surface area contributed by atoms with Crippen LogP contribution in [0.4, 0.5) is 0 Å². The number of hydrogen-bond acceptors (Lipinski definition) is 4. The maximum absolute atomic E-state index is 4.73. The maximum atomic E-state index is 4.73. The first-order valence-corrected chi connectivity index (χ1v) is 9.15. The van der Waals surface area contributed by atoms with Crippen molar-refractivity contribution in [3.63, 3.8) is 0 Å². The molecule has 0 amide bonds. The summed E-state index contributed by atoms with van der Waals surface area (Å²) in [6.45, 7) is 4.19. The molecule has 0 saturated heterocycles. The van der Waals surface area contributed by atoms with E-state index in [2.05, 4.69) is 72.6 Å². The highest BCUT2D eigenvalue weighted by molar-refractivity contribution is 7.98. The molecule has 124 valence electrons. The van der Waals surface area contributed by atoms with Crippen LogP contribution in [0, 0.1) is 13.8 Å². The third kappa shape index (κ3) is 3.42. The molecular weight excluding hydrogens is 328 g/mol. The first-order valence-electron chi connectivity index (χ1n) is 8.17. The molecule has 0 atom stereocenters. The van der Waals surface area contributed by atoms with Crippen LogP contribution in [0.2, 0.25) is 0 Å². The molecule has 0 N–H and O–H groups in total. The Balaban J connectivity index is 1.63. The van der Waals surface area contributed by atoms with Crippen molar-refractivity contribution >= 4 is 17.4 Å². The molecule has 2 heterocycles. The minimum Gasteiger partial charge on any atom is -0.192 e. The maximum Gasteiger partial charge on any atom is 0.185 e. The van der Waals surface area contributed by atoms with E-state index in [1.165, 1.54) is 16.7 Å². The van der Waals surface area contributed by atoms with E-state index in [1.807, 2.05) is 16.6 Å². The molecule has 4 aromatic rings. The van der Waals surface area contributed by atoms with Gasteiger partial charge in [-0.1, -0.05) is 71.4 Å². The van der Waals surface area contributed by atoms with Gasteiger partial charge in [0.2, 0.25) is 0 Å². The van der Waals surface area contributed by atoms with Crippen LogP contribution in [-0.4, -0.2) is 19.8 Å². The monoisotopic (exact) mass is 346 g/mol. The van der Waals surface area contributed by atoms with Gasteiger partial charge >= 0.3 is 0 Å². The largest absolute Gasteiger partial charge is 0.192 e. The van der Waals surface area contributed by atoms with Gasteiger partial charge in [-0.2, -0.15) is 9.61 Å². The summed E-state index contributed by atoms with van der Waals surface area (Å²) >= 11 is 1.72. The van der Waals surface area contributed by atoms with Crippen molar-refractivity contribution in [2.45, 2.75) is 24.6 Å². The minimum atomic E-state index is 0.760. The van der Waals surface area contributed by atoms with Crippen molar-refractivity contribution in [1.82, 2.24) is 19.8 Å². The fraction of sp³-hybridized carbons (Fsp3) is 0.150. The Kier molecular flexibility index (Phi) is 4.24. The van der Waals surface area contributed by atoms with Gasteiger partial charge in [0, 0.05) is 11.3 Å². The lowest BCUT2D eigenvalue weighted by molar-refractivity contribution is 0.860. The first-order chi connectivity index (χ1) is 12.2. The second-order valence-electron chi connectivity index (χ2n) is 6.11. The van der Waals surface area contributed by atoms with Gasteiger partial charge in [0.1, 0.15) is 5.03 Å². The van der Waals surface area contributed by atoms with Gasteiger partial charge in [-0.05, 0) is 31.5 Å². The summed E-state index contributed by atoms with van der Waals surface area (Å²) in [6.07, 6.45) is 0. The van der Waals surface area contributed by atoms with Crippen molar-refractivity contribution in [3.8, 4) is 11.4 Å². The molecule has 25 heavy (non-hydrogen) atoms. The smallest absolute Gasteiger partial charge is 0.185 e. The van der Waals surface area contributed by atoms with Crippen LogP contribution >= 0.6 is 11.8 Å². The molecule has 5 heteroatoms. The third-order valence-corrected chi connectivity index (χ3v) is 5.01. The summed E-state index contributed by atoms with van der Waals surface area (Å²) in [7, 11) is 0. The van der Waals surface area contributed by atoms with Crippen molar-refractivity contribution in [1.29, 1.82) is 0 Å². The summed E-state index contributed by atoms with van der Waals surface area (Å²) in [4.78, 5) is 0. The normalized spacial score (nSPS) is 11.1. The molecule has 0 spiro atoms. The van der Waals surface area contributed by atoms with E-state index in [4.69, 9.17) is 5.10 Å². The highest BCUT2D eigenvalue weighted by atomic mass is 32.2. The van der Waals surface area contributed by atoms with Crippen molar-refractivity contribution in [3.05, 3.63) is 77.4 Å². The SMILES string of the molecule is Cc1ccc(-c2nnc3ccc(SCc4cccc(C)c4)nn23)cc1. The van der Waals surface area contributed by atoms with Crippen LogP contribution < -0.4 is 0 Å². The lowest BCUT2D eigenvalue weighted by atomic mass is 10.1. The number of rotatable bonds is 4. The van der Waals surface area contributed by atoms with E-state index < -0.39 is 0 Å². The molecule has 2 aromatic carbocycles. The van der Waals surface area contributed by atoms with E-state index in [1.54, 1.807) is 11.8 Å². The summed E-state index contributed by atoms with van der Waals surface area (Å²) < 4.78 is 1.82. The summed E-state index contributed by atoms with van der Waals surface area (Å²) in [5.74, 6) is 1.66. The number of benzene rings is 2. The molecule has 0 aliphatic heterocycles. The van der Waals surface area contributed by atoms with Gasteiger partial charge in [-0.15, -0.1) is 10.2 Å². The van der Waals surface area contributed by atoms with Gasteiger partial charge in [0.15, 0.2) is 11.5 Å². The fourth-order valence-corrected chi connectivity index (χ4v) is 3.49. The summed E-state index contributed by atoms with van der Waals surface area (Å²) in [5, 5.41) is 14.2. The van der Waals surface area contributed by atoms with Gasteiger partial charge < -0.3 is 0 Å². The number of aryl methyl sites for hydroxylation is 2. The molecule has 0 radical (unpaired) electrons. The van der Waals surface area contributed by atoms with Gasteiger partial charge in [-0.3, -0.25) is 0 Å². The first kappa shape index (κ1) is 15.8. The quantitative estimate of drug-likeness (QED) is 0.502. The standard InChI is InChI=1S/C20H18N4S/c1-14-6-8-17(9-7-14)20-22-21-18-10-11-19(23-24(18)20)25-13-16-5-3-4-15(2)12-16/h3-12H,13H2,1-2H3. The average Bonchev–Trinajstić information content (AvgIpc) is 3.04. The van der Waals surface area contributed by atoms with Crippen LogP contribution in [0.3, 0.4) is 0 Å². The zero-order valence-corrected chi connectivity index (χ0v) is 15.0. The molecule has 4 nitrogen and oxygen atoms in total. The highest BCUT2D eigenvalue weighted by Crippen LogP contribution is 2.23. The molecule has 4 rings (SSSR count). The summed E-state index contributed by atoms with van der Waals surface area (Å²) in [5.41, 5.74) is 5.58. The Morgan fingerprint density at radius 3 is 2.52 bits per heavy atom. The molecule has 0 unspecified atom stereocenters. The Hall–Kier alpha value is -2.66. The molecule has 2 aromatic heterocycles. The number of fused-ring (bicyclic) bond motifs is 1. The Morgan fingerprint density at radius 2 is 1.72 bits per heavy atom.